The summed E-state index contributed by atoms with van der Waals surface area (Å²) in [5, 5.41) is 1.14. The van der Waals surface area contributed by atoms with Gasteiger partial charge in [-0.2, -0.15) is 0 Å². The topological polar surface area (TPSA) is 63.9 Å². The lowest BCUT2D eigenvalue weighted by atomic mass is 10.2. The molecule has 0 unspecified atom stereocenters. The van der Waals surface area contributed by atoms with E-state index in [4.69, 9.17) is 18.9 Å². The van der Waals surface area contributed by atoms with E-state index in [-0.39, 0.29) is 6.79 Å². The SMILES string of the molecule is C=C/C=C1\C(=NC)C2=C(OCO2)N1CCN(C)C.CC.CN(C)CCn1c2c(c3ccccc31)OCO2. The van der Waals surface area contributed by atoms with Gasteiger partial charge < -0.3 is 38.2 Å². The van der Waals surface area contributed by atoms with Crippen LogP contribution in [0.2, 0.25) is 0 Å². The zero-order valence-corrected chi connectivity index (χ0v) is 23.3. The molecular formula is C28H41N5O4. The fraction of sp³-hybridized carbons (Fsp3) is 0.464. The lowest BCUT2D eigenvalue weighted by Gasteiger charge is -2.23. The van der Waals surface area contributed by atoms with Crippen LogP contribution in [0, 0.1) is 0 Å². The Kier molecular flexibility index (Phi) is 10.0. The highest BCUT2D eigenvalue weighted by Crippen LogP contribution is 2.42. The molecule has 0 saturated carbocycles. The van der Waals surface area contributed by atoms with Crippen LogP contribution in [0.3, 0.4) is 0 Å². The highest BCUT2D eigenvalue weighted by Gasteiger charge is 2.39. The summed E-state index contributed by atoms with van der Waals surface area (Å²) >= 11 is 0. The Morgan fingerprint density at radius 1 is 0.946 bits per heavy atom. The van der Waals surface area contributed by atoms with Crippen LogP contribution >= 0.6 is 0 Å². The highest BCUT2D eigenvalue weighted by atomic mass is 16.7. The summed E-state index contributed by atoms with van der Waals surface area (Å²) in [6.07, 6.45) is 3.69. The molecule has 9 heteroatoms. The zero-order valence-electron chi connectivity index (χ0n) is 23.3. The molecule has 1 aromatic heterocycles. The predicted molar refractivity (Wildman–Crippen MR) is 149 cm³/mol. The van der Waals surface area contributed by atoms with E-state index in [0.29, 0.717) is 6.79 Å². The van der Waals surface area contributed by atoms with E-state index in [0.717, 1.165) is 66.2 Å². The first kappa shape index (κ1) is 28.1. The summed E-state index contributed by atoms with van der Waals surface area (Å²) in [4.78, 5) is 10.7. The fourth-order valence-electron chi connectivity index (χ4n) is 4.21. The van der Waals surface area contributed by atoms with Crippen molar-refractivity contribution < 1.29 is 18.9 Å². The number of hydrogen-bond donors (Lipinski definition) is 0. The van der Waals surface area contributed by atoms with Gasteiger partial charge in [0.1, 0.15) is 5.71 Å². The van der Waals surface area contributed by atoms with Crippen molar-refractivity contribution >= 4 is 16.6 Å². The summed E-state index contributed by atoms with van der Waals surface area (Å²) in [7, 11) is 9.99. The molecule has 0 amide bonds. The third kappa shape index (κ3) is 6.11. The minimum absolute atomic E-state index is 0.267. The van der Waals surface area contributed by atoms with E-state index < -0.39 is 0 Å². The van der Waals surface area contributed by atoms with E-state index in [1.807, 2.05) is 46.2 Å². The Morgan fingerprint density at radius 3 is 2.30 bits per heavy atom. The molecule has 9 nitrogen and oxygen atoms in total. The second-order valence-corrected chi connectivity index (χ2v) is 8.87. The maximum atomic E-state index is 5.57. The molecule has 3 aliphatic rings. The predicted octanol–water partition coefficient (Wildman–Crippen LogP) is 4.14. The van der Waals surface area contributed by atoms with Gasteiger partial charge in [-0.05, 0) is 46.4 Å². The first-order valence-corrected chi connectivity index (χ1v) is 12.7. The first-order chi connectivity index (χ1) is 18.0. The third-order valence-corrected chi connectivity index (χ3v) is 5.91. The number of nitrogens with zero attached hydrogens (tertiary/aromatic N) is 5. The Balaban J connectivity index is 0.000000193. The number of para-hydroxylation sites is 1. The Morgan fingerprint density at radius 2 is 1.62 bits per heavy atom. The monoisotopic (exact) mass is 511 g/mol. The number of hydrogen-bond acceptors (Lipinski definition) is 8. The van der Waals surface area contributed by atoms with Crippen molar-refractivity contribution in [1.82, 2.24) is 19.3 Å². The van der Waals surface area contributed by atoms with Crippen molar-refractivity contribution in [3.63, 3.8) is 0 Å². The van der Waals surface area contributed by atoms with Crippen molar-refractivity contribution in [3.05, 3.63) is 60.3 Å². The van der Waals surface area contributed by atoms with Gasteiger partial charge in [-0.15, -0.1) is 0 Å². The number of aromatic nitrogens is 1. The van der Waals surface area contributed by atoms with Gasteiger partial charge in [-0.25, -0.2) is 0 Å². The van der Waals surface area contributed by atoms with Gasteiger partial charge >= 0.3 is 0 Å². The molecule has 0 N–H and O–H groups in total. The van der Waals surface area contributed by atoms with Crippen molar-refractivity contribution in [1.29, 1.82) is 0 Å². The first-order valence-electron chi connectivity index (χ1n) is 12.7. The second kappa shape index (κ2) is 13.2. The molecule has 0 spiro atoms. The highest BCUT2D eigenvalue weighted by molar-refractivity contribution is 6.13. The second-order valence-electron chi connectivity index (χ2n) is 8.87. The van der Waals surface area contributed by atoms with Crippen molar-refractivity contribution in [3.8, 4) is 11.6 Å². The van der Waals surface area contributed by atoms with E-state index in [9.17, 15) is 0 Å². The summed E-state index contributed by atoms with van der Waals surface area (Å²) in [5.41, 5.74) is 3.00. The van der Waals surface area contributed by atoms with Crippen LogP contribution in [0.15, 0.2) is 65.3 Å². The molecule has 1 aromatic carbocycles. The lowest BCUT2D eigenvalue weighted by molar-refractivity contribution is 0.0494. The summed E-state index contributed by atoms with van der Waals surface area (Å²) < 4.78 is 24.3. The fourth-order valence-corrected chi connectivity index (χ4v) is 4.21. The molecule has 3 aliphatic heterocycles. The molecule has 2 aromatic rings. The van der Waals surface area contributed by atoms with Crippen LogP contribution in [0.25, 0.3) is 10.9 Å². The van der Waals surface area contributed by atoms with Crippen molar-refractivity contribution in [2.75, 3.05) is 68.5 Å². The zero-order chi connectivity index (χ0) is 26.9. The Labute approximate surface area is 220 Å². The Bertz CT molecular complexity index is 1160. The van der Waals surface area contributed by atoms with Gasteiger partial charge in [0.2, 0.25) is 31.1 Å². The van der Waals surface area contributed by atoms with Crippen molar-refractivity contribution in [2.45, 2.75) is 20.4 Å². The molecule has 4 heterocycles. The maximum absolute atomic E-state index is 5.57. The quantitative estimate of drug-likeness (QED) is 0.554. The largest absolute Gasteiger partial charge is 0.451 e. The number of likely N-dealkylation sites (N-methyl/N-ethyl adjacent to an activating group) is 2. The minimum Gasteiger partial charge on any atom is -0.451 e. The van der Waals surface area contributed by atoms with Crippen molar-refractivity contribution in [2.24, 2.45) is 4.99 Å². The normalized spacial score (nSPS) is 17.6. The summed E-state index contributed by atoms with van der Waals surface area (Å²) in [6, 6.07) is 8.26. The smallest absolute Gasteiger partial charge is 0.243 e. The van der Waals surface area contributed by atoms with Crippen LogP contribution in [0.4, 0.5) is 0 Å². The van der Waals surface area contributed by atoms with Gasteiger partial charge in [-0.3, -0.25) is 4.99 Å². The molecule has 0 radical (unpaired) electrons. The third-order valence-electron chi connectivity index (χ3n) is 5.91. The van der Waals surface area contributed by atoms with Crippen LogP contribution in [0.5, 0.6) is 11.6 Å². The number of ether oxygens (including phenoxy) is 4. The average molecular weight is 512 g/mol. The number of rotatable bonds is 7. The van der Waals surface area contributed by atoms with Crippen LogP contribution in [-0.2, 0) is 16.0 Å². The average Bonchev–Trinajstić information content (AvgIpc) is 3.65. The molecule has 0 saturated heterocycles. The van der Waals surface area contributed by atoms with Gasteiger partial charge in [0, 0.05) is 38.6 Å². The van der Waals surface area contributed by atoms with Crippen LogP contribution in [-0.4, -0.2) is 93.4 Å². The number of allylic oxidation sites excluding steroid dienone is 2. The van der Waals surface area contributed by atoms with E-state index >= 15 is 0 Å². The van der Waals surface area contributed by atoms with Crippen LogP contribution < -0.4 is 9.47 Å². The number of benzene rings is 1. The molecule has 202 valence electrons. The molecule has 0 bridgehead atoms. The van der Waals surface area contributed by atoms with E-state index in [1.54, 1.807) is 13.1 Å². The van der Waals surface area contributed by atoms with Gasteiger partial charge in [0.15, 0.2) is 5.75 Å². The summed E-state index contributed by atoms with van der Waals surface area (Å²) in [6.45, 7) is 12.0. The molecule has 0 aliphatic carbocycles. The molecule has 0 fully saturated rings. The van der Waals surface area contributed by atoms with Crippen LogP contribution in [0.1, 0.15) is 13.8 Å². The maximum Gasteiger partial charge on any atom is 0.243 e. The number of aliphatic imine (C=N–C) groups is 1. The molecule has 5 rings (SSSR count). The molecule has 37 heavy (non-hydrogen) atoms. The van der Waals surface area contributed by atoms with Gasteiger partial charge in [-0.1, -0.05) is 38.6 Å². The van der Waals surface area contributed by atoms with E-state index in [2.05, 4.69) is 57.1 Å². The molecule has 0 atom stereocenters. The lowest BCUT2D eigenvalue weighted by Crippen LogP contribution is -2.30. The minimum atomic E-state index is 0.267. The van der Waals surface area contributed by atoms with Gasteiger partial charge in [0.05, 0.1) is 11.2 Å². The summed E-state index contributed by atoms with van der Waals surface area (Å²) in [5.74, 6) is 3.27. The standard InChI is InChI=1S/C13H19N3O2.C13H16N2O2.C2H6/c1-5-6-10-11(14-2)12-13(18-9-17-12)16(10)8-7-15(3)4;1-14(2)7-8-15-11-6-4-3-5-10(11)12-13(15)17-9-16-12;1-2/h5-6H,1,7-9H2,2-4H3;3-6H,7-9H2,1-2H3;1-2H3/b10-6+,14-11?;;. The van der Waals surface area contributed by atoms with Gasteiger partial charge in [0.25, 0.3) is 0 Å². The number of fused-ring (bicyclic) bond motifs is 3. The Hall–Kier alpha value is -3.43. The van der Waals surface area contributed by atoms with E-state index in [1.165, 1.54) is 5.52 Å². The molecular weight excluding hydrogens is 470 g/mol.